The Morgan fingerprint density at radius 3 is 2.83 bits per heavy atom. The van der Waals surface area contributed by atoms with Gasteiger partial charge in [-0.3, -0.25) is 4.79 Å². The second kappa shape index (κ2) is 7.42. The van der Waals surface area contributed by atoms with E-state index in [1.165, 1.54) is 0 Å². The zero-order valence-corrected chi connectivity index (χ0v) is 13.4. The van der Waals surface area contributed by atoms with Crippen LogP contribution in [0, 0.1) is 0 Å². The first-order valence-corrected chi connectivity index (χ1v) is 8.11. The summed E-state index contributed by atoms with van der Waals surface area (Å²) in [6.07, 6.45) is 8.00. The Morgan fingerprint density at radius 2 is 2.09 bits per heavy atom. The Kier molecular flexibility index (Phi) is 5.08. The van der Waals surface area contributed by atoms with E-state index < -0.39 is 0 Å². The minimum atomic E-state index is 0.0246. The summed E-state index contributed by atoms with van der Waals surface area (Å²) in [5.74, 6) is 0.930. The molecule has 0 saturated carbocycles. The summed E-state index contributed by atoms with van der Waals surface area (Å²) < 4.78 is 5.59. The molecule has 23 heavy (non-hydrogen) atoms. The molecule has 0 spiro atoms. The zero-order valence-electron chi connectivity index (χ0n) is 12.7. The van der Waals surface area contributed by atoms with Gasteiger partial charge < -0.3 is 9.73 Å². The fraction of sp³-hybridized carbons (Fsp3) is 0.353. The SMILES string of the molecule is O=C(CCc1nnc(-c2ccc(Cl)cc2)o1)NC1CC=CCC1. The molecule has 1 aromatic heterocycles. The van der Waals surface area contributed by atoms with E-state index in [0.717, 1.165) is 24.8 Å². The fourth-order valence-corrected chi connectivity index (χ4v) is 2.63. The van der Waals surface area contributed by atoms with Gasteiger partial charge in [0, 0.05) is 29.5 Å². The highest BCUT2D eigenvalue weighted by atomic mass is 35.5. The number of allylic oxidation sites excluding steroid dienone is 1. The Morgan fingerprint density at radius 1 is 1.26 bits per heavy atom. The van der Waals surface area contributed by atoms with E-state index in [9.17, 15) is 4.79 Å². The van der Waals surface area contributed by atoms with Gasteiger partial charge in [0.05, 0.1) is 0 Å². The first kappa shape index (κ1) is 15.7. The standard InChI is InChI=1S/C17H18ClN3O2/c18-13-8-6-12(7-9-13)17-21-20-16(23-17)11-10-15(22)19-14-4-2-1-3-5-14/h1-2,6-9,14H,3-5,10-11H2,(H,19,22). The van der Waals surface area contributed by atoms with E-state index in [1.54, 1.807) is 12.1 Å². The third-order valence-corrected chi connectivity index (χ3v) is 4.01. The largest absolute Gasteiger partial charge is 0.421 e. The number of rotatable bonds is 5. The Bertz CT molecular complexity index is 694. The topological polar surface area (TPSA) is 68.0 Å². The number of carbonyl (C=O) groups excluding carboxylic acids is 1. The number of hydrogen-bond acceptors (Lipinski definition) is 4. The molecule has 1 amide bonds. The van der Waals surface area contributed by atoms with Crippen LogP contribution in [-0.2, 0) is 11.2 Å². The summed E-state index contributed by atoms with van der Waals surface area (Å²) >= 11 is 5.85. The van der Waals surface area contributed by atoms with Crippen LogP contribution in [0.2, 0.25) is 5.02 Å². The summed E-state index contributed by atoms with van der Waals surface area (Å²) in [5.41, 5.74) is 0.812. The van der Waals surface area contributed by atoms with Gasteiger partial charge in [-0.2, -0.15) is 0 Å². The third-order valence-electron chi connectivity index (χ3n) is 3.76. The monoisotopic (exact) mass is 331 g/mol. The van der Waals surface area contributed by atoms with E-state index in [4.69, 9.17) is 16.0 Å². The first-order chi connectivity index (χ1) is 11.2. The fourth-order valence-electron chi connectivity index (χ4n) is 2.51. The van der Waals surface area contributed by atoms with Crippen molar-refractivity contribution in [1.29, 1.82) is 0 Å². The molecule has 1 N–H and O–H groups in total. The lowest BCUT2D eigenvalue weighted by molar-refractivity contribution is -0.121. The molecule has 1 aromatic carbocycles. The molecule has 1 atom stereocenters. The van der Waals surface area contributed by atoms with Crippen LogP contribution in [0.5, 0.6) is 0 Å². The van der Waals surface area contributed by atoms with Crippen LogP contribution in [0.15, 0.2) is 40.8 Å². The van der Waals surface area contributed by atoms with Crippen LogP contribution < -0.4 is 5.32 Å². The Balaban J connectivity index is 1.51. The van der Waals surface area contributed by atoms with Gasteiger partial charge in [0.25, 0.3) is 0 Å². The number of aromatic nitrogens is 2. The molecule has 1 unspecified atom stereocenters. The summed E-state index contributed by atoms with van der Waals surface area (Å²) in [4.78, 5) is 12.0. The number of halogens is 1. The molecule has 6 heteroatoms. The summed E-state index contributed by atoms with van der Waals surface area (Å²) in [6.45, 7) is 0. The van der Waals surface area contributed by atoms with Crippen LogP contribution in [0.25, 0.3) is 11.5 Å². The molecule has 3 rings (SSSR count). The minimum absolute atomic E-state index is 0.0246. The second-order valence-electron chi connectivity index (χ2n) is 5.56. The smallest absolute Gasteiger partial charge is 0.247 e. The van der Waals surface area contributed by atoms with E-state index in [2.05, 4.69) is 27.7 Å². The quantitative estimate of drug-likeness (QED) is 0.851. The second-order valence-corrected chi connectivity index (χ2v) is 5.99. The van der Waals surface area contributed by atoms with Crippen molar-refractivity contribution >= 4 is 17.5 Å². The van der Waals surface area contributed by atoms with Gasteiger partial charge in [-0.25, -0.2) is 0 Å². The molecule has 120 valence electrons. The van der Waals surface area contributed by atoms with Gasteiger partial charge in [0.1, 0.15) is 0 Å². The number of carbonyl (C=O) groups is 1. The molecule has 2 aromatic rings. The Labute approximate surface area is 139 Å². The van der Waals surface area contributed by atoms with E-state index in [-0.39, 0.29) is 11.9 Å². The highest BCUT2D eigenvalue weighted by Gasteiger charge is 2.14. The van der Waals surface area contributed by atoms with Crippen LogP contribution >= 0.6 is 11.6 Å². The maximum atomic E-state index is 12.0. The van der Waals surface area contributed by atoms with E-state index in [0.29, 0.717) is 29.6 Å². The van der Waals surface area contributed by atoms with Crippen molar-refractivity contribution in [3.05, 3.63) is 47.3 Å². The third kappa shape index (κ3) is 4.42. The molecular weight excluding hydrogens is 314 g/mol. The van der Waals surface area contributed by atoms with Crippen LogP contribution in [0.1, 0.15) is 31.6 Å². The van der Waals surface area contributed by atoms with Gasteiger partial charge in [-0.15, -0.1) is 10.2 Å². The van der Waals surface area contributed by atoms with Crippen molar-refractivity contribution in [2.75, 3.05) is 0 Å². The molecule has 0 radical (unpaired) electrons. The normalized spacial score (nSPS) is 17.2. The molecule has 1 aliphatic rings. The minimum Gasteiger partial charge on any atom is -0.421 e. The predicted molar refractivity (Wildman–Crippen MR) is 88.0 cm³/mol. The maximum Gasteiger partial charge on any atom is 0.247 e. The zero-order chi connectivity index (χ0) is 16.1. The highest BCUT2D eigenvalue weighted by Crippen LogP contribution is 2.20. The molecule has 0 aliphatic heterocycles. The number of hydrogen-bond donors (Lipinski definition) is 1. The summed E-state index contributed by atoms with van der Waals surface area (Å²) in [7, 11) is 0. The lowest BCUT2D eigenvalue weighted by atomic mass is 10.0. The lowest BCUT2D eigenvalue weighted by Gasteiger charge is -2.18. The van der Waals surface area contributed by atoms with Crippen molar-refractivity contribution in [2.24, 2.45) is 0 Å². The average molecular weight is 332 g/mol. The molecule has 0 fully saturated rings. The van der Waals surface area contributed by atoms with Crippen molar-refractivity contribution in [3.8, 4) is 11.5 Å². The molecule has 1 heterocycles. The molecular formula is C17H18ClN3O2. The molecule has 1 aliphatic carbocycles. The van der Waals surface area contributed by atoms with Crippen molar-refractivity contribution in [1.82, 2.24) is 15.5 Å². The van der Waals surface area contributed by atoms with E-state index >= 15 is 0 Å². The van der Waals surface area contributed by atoms with Crippen LogP contribution in [-0.4, -0.2) is 22.1 Å². The average Bonchev–Trinajstić information content (AvgIpc) is 3.04. The summed E-state index contributed by atoms with van der Waals surface area (Å²) in [5, 5.41) is 11.7. The van der Waals surface area contributed by atoms with Crippen LogP contribution in [0.4, 0.5) is 0 Å². The molecule has 5 nitrogen and oxygen atoms in total. The molecule has 0 bridgehead atoms. The van der Waals surface area contributed by atoms with Gasteiger partial charge in [-0.1, -0.05) is 23.8 Å². The first-order valence-electron chi connectivity index (χ1n) is 7.73. The van der Waals surface area contributed by atoms with E-state index in [1.807, 2.05) is 12.1 Å². The van der Waals surface area contributed by atoms with Gasteiger partial charge in [0.15, 0.2) is 0 Å². The maximum absolute atomic E-state index is 12.0. The number of aryl methyl sites for hydroxylation is 1. The van der Waals surface area contributed by atoms with Gasteiger partial charge >= 0.3 is 0 Å². The van der Waals surface area contributed by atoms with Gasteiger partial charge in [-0.05, 0) is 43.5 Å². The van der Waals surface area contributed by atoms with Gasteiger partial charge in [0.2, 0.25) is 17.7 Å². The van der Waals surface area contributed by atoms with Crippen LogP contribution in [0.3, 0.4) is 0 Å². The number of nitrogens with zero attached hydrogens (tertiary/aromatic N) is 2. The lowest BCUT2D eigenvalue weighted by Crippen LogP contribution is -2.35. The Hall–Kier alpha value is -2.14. The highest BCUT2D eigenvalue weighted by molar-refractivity contribution is 6.30. The predicted octanol–water partition coefficient (Wildman–Crippen LogP) is 3.55. The van der Waals surface area contributed by atoms with Crippen molar-refractivity contribution in [3.63, 3.8) is 0 Å². The molecule has 0 saturated heterocycles. The number of nitrogens with one attached hydrogen (secondary N) is 1. The summed E-state index contributed by atoms with van der Waals surface area (Å²) in [6, 6.07) is 7.44. The van der Waals surface area contributed by atoms with Crippen molar-refractivity contribution < 1.29 is 9.21 Å². The van der Waals surface area contributed by atoms with Crippen molar-refractivity contribution in [2.45, 2.75) is 38.1 Å². The number of amides is 1. The number of benzene rings is 1.